The number of pyridine rings is 1. The van der Waals surface area contributed by atoms with Gasteiger partial charge in [-0.15, -0.1) is 0 Å². The number of halogens is 1. The maximum absolute atomic E-state index is 11.2. The van der Waals surface area contributed by atoms with Crippen molar-refractivity contribution >= 4 is 26.0 Å². The Labute approximate surface area is 98.3 Å². The lowest BCUT2D eigenvalue weighted by Crippen LogP contribution is -2.24. The third-order valence-corrected chi connectivity index (χ3v) is 4.65. The summed E-state index contributed by atoms with van der Waals surface area (Å²) in [4.78, 5) is 4.14. The highest BCUT2D eigenvalue weighted by atomic mass is 79.9. The van der Waals surface area contributed by atoms with Crippen LogP contribution in [0, 0.1) is 0 Å². The van der Waals surface area contributed by atoms with Gasteiger partial charge in [-0.2, -0.15) is 0 Å². The third-order valence-electron chi connectivity index (χ3n) is 1.97. The fraction of sp³-hybridized carbons (Fsp3) is 0.444. The Balaban J connectivity index is 2.73. The molecule has 0 aliphatic heterocycles. The van der Waals surface area contributed by atoms with Gasteiger partial charge in [-0.05, 0) is 18.1 Å². The van der Waals surface area contributed by atoms with Gasteiger partial charge in [0.25, 0.3) is 0 Å². The normalized spacial score (nSPS) is 11.6. The molecule has 0 aliphatic rings. The molecule has 0 unspecified atom stereocenters. The highest BCUT2D eigenvalue weighted by Crippen LogP contribution is 2.06. The molecule has 0 bridgehead atoms. The van der Waals surface area contributed by atoms with Gasteiger partial charge < -0.3 is 0 Å². The number of aromatic nitrogens is 1. The number of hydrogen-bond donors (Lipinski definition) is 1. The van der Waals surface area contributed by atoms with E-state index in [-0.39, 0.29) is 11.2 Å². The average molecular weight is 293 g/mol. The van der Waals surface area contributed by atoms with Crippen molar-refractivity contribution in [2.24, 2.45) is 0 Å². The first-order valence-corrected chi connectivity index (χ1v) is 7.32. The number of alkyl halides is 1. The SMILES string of the molecule is CCc1cccnc1CNS(=O)(=O)CBr. The van der Waals surface area contributed by atoms with Crippen molar-refractivity contribution in [3.8, 4) is 0 Å². The summed E-state index contributed by atoms with van der Waals surface area (Å²) >= 11 is 2.91. The minimum Gasteiger partial charge on any atom is -0.260 e. The van der Waals surface area contributed by atoms with E-state index < -0.39 is 10.0 Å². The molecule has 1 aromatic heterocycles. The predicted molar refractivity (Wildman–Crippen MR) is 63.2 cm³/mol. The molecule has 0 radical (unpaired) electrons. The Kier molecular flexibility index (Phi) is 4.69. The molecule has 0 aromatic carbocycles. The minimum atomic E-state index is -3.22. The fourth-order valence-electron chi connectivity index (χ4n) is 1.17. The van der Waals surface area contributed by atoms with Gasteiger partial charge in [-0.1, -0.05) is 28.9 Å². The molecular formula is C9H13BrN2O2S. The van der Waals surface area contributed by atoms with Gasteiger partial charge in [-0.25, -0.2) is 13.1 Å². The Hall–Kier alpha value is -0.460. The fourth-order valence-corrected chi connectivity index (χ4v) is 2.09. The van der Waals surface area contributed by atoms with Gasteiger partial charge in [0.05, 0.1) is 12.2 Å². The molecule has 15 heavy (non-hydrogen) atoms. The molecule has 1 rings (SSSR count). The monoisotopic (exact) mass is 292 g/mol. The summed E-state index contributed by atoms with van der Waals surface area (Å²) in [6.45, 7) is 2.26. The average Bonchev–Trinajstić information content (AvgIpc) is 2.27. The van der Waals surface area contributed by atoms with Gasteiger partial charge in [0.1, 0.15) is 4.66 Å². The molecule has 1 heterocycles. The van der Waals surface area contributed by atoms with E-state index in [0.717, 1.165) is 17.7 Å². The van der Waals surface area contributed by atoms with Gasteiger partial charge in [0.15, 0.2) is 0 Å². The Morgan fingerprint density at radius 2 is 2.27 bits per heavy atom. The van der Waals surface area contributed by atoms with Crippen molar-refractivity contribution in [2.75, 3.05) is 4.66 Å². The molecule has 0 fully saturated rings. The Morgan fingerprint density at radius 1 is 1.53 bits per heavy atom. The zero-order valence-corrected chi connectivity index (χ0v) is 10.8. The molecule has 84 valence electrons. The summed E-state index contributed by atoms with van der Waals surface area (Å²) in [5, 5.41) is 0. The van der Waals surface area contributed by atoms with E-state index in [0.29, 0.717) is 0 Å². The molecule has 0 spiro atoms. The second kappa shape index (κ2) is 5.58. The number of nitrogens with zero attached hydrogens (tertiary/aromatic N) is 1. The van der Waals surface area contributed by atoms with Crippen molar-refractivity contribution in [2.45, 2.75) is 19.9 Å². The van der Waals surface area contributed by atoms with Gasteiger partial charge in [-0.3, -0.25) is 4.98 Å². The highest BCUT2D eigenvalue weighted by molar-refractivity contribution is 9.10. The molecule has 0 aliphatic carbocycles. The maximum atomic E-state index is 11.2. The van der Waals surface area contributed by atoms with Crippen molar-refractivity contribution in [1.82, 2.24) is 9.71 Å². The first kappa shape index (κ1) is 12.6. The van der Waals surface area contributed by atoms with Crippen LogP contribution in [-0.2, 0) is 23.0 Å². The van der Waals surface area contributed by atoms with E-state index in [4.69, 9.17) is 0 Å². The molecule has 1 N–H and O–H groups in total. The Morgan fingerprint density at radius 3 is 2.87 bits per heavy atom. The van der Waals surface area contributed by atoms with Crippen LogP contribution in [0.5, 0.6) is 0 Å². The van der Waals surface area contributed by atoms with E-state index in [9.17, 15) is 8.42 Å². The lowest BCUT2D eigenvalue weighted by Gasteiger charge is -2.07. The zero-order valence-electron chi connectivity index (χ0n) is 8.40. The van der Waals surface area contributed by atoms with Crippen LogP contribution in [0.25, 0.3) is 0 Å². The molecule has 4 nitrogen and oxygen atoms in total. The van der Waals surface area contributed by atoms with Gasteiger partial charge in [0.2, 0.25) is 10.0 Å². The van der Waals surface area contributed by atoms with Crippen LogP contribution in [0.4, 0.5) is 0 Å². The topological polar surface area (TPSA) is 59.1 Å². The van der Waals surface area contributed by atoms with Gasteiger partial charge >= 0.3 is 0 Å². The minimum absolute atomic E-state index is 0.0890. The van der Waals surface area contributed by atoms with Crippen molar-refractivity contribution < 1.29 is 8.42 Å². The second-order valence-corrected chi connectivity index (χ2v) is 6.12. The molecule has 6 heteroatoms. The van der Waals surface area contributed by atoms with Crippen molar-refractivity contribution in [3.05, 3.63) is 29.6 Å². The Bertz CT molecular complexity index is 420. The quantitative estimate of drug-likeness (QED) is 0.835. The zero-order chi connectivity index (χ0) is 11.3. The first-order valence-electron chi connectivity index (χ1n) is 4.55. The number of nitrogens with one attached hydrogen (secondary N) is 1. The van der Waals surface area contributed by atoms with E-state index in [1.165, 1.54) is 0 Å². The van der Waals surface area contributed by atoms with Gasteiger partial charge in [0, 0.05) is 6.20 Å². The van der Waals surface area contributed by atoms with Crippen molar-refractivity contribution in [3.63, 3.8) is 0 Å². The summed E-state index contributed by atoms with van der Waals surface area (Å²) in [5.41, 5.74) is 1.85. The lowest BCUT2D eigenvalue weighted by atomic mass is 10.1. The summed E-state index contributed by atoms with van der Waals surface area (Å²) in [7, 11) is -3.22. The summed E-state index contributed by atoms with van der Waals surface area (Å²) in [6.07, 6.45) is 2.51. The number of sulfonamides is 1. The standard InChI is InChI=1S/C9H13BrN2O2S/c1-2-8-4-3-5-11-9(8)6-12-15(13,14)7-10/h3-5,12H,2,6-7H2,1H3. The van der Waals surface area contributed by atoms with Crippen LogP contribution < -0.4 is 4.72 Å². The number of rotatable bonds is 5. The van der Waals surface area contributed by atoms with Crippen LogP contribution in [0.2, 0.25) is 0 Å². The van der Waals surface area contributed by atoms with Crippen LogP contribution in [-0.4, -0.2) is 18.1 Å². The molecule has 0 amide bonds. The largest absolute Gasteiger partial charge is 0.260 e. The van der Waals surface area contributed by atoms with E-state index in [2.05, 4.69) is 25.6 Å². The third kappa shape index (κ3) is 3.89. The van der Waals surface area contributed by atoms with E-state index >= 15 is 0 Å². The van der Waals surface area contributed by atoms with E-state index in [1.54, 1.807) is 6.20 Å². The molecule has 0 saturated heterocycles. The predicted octanol–water partition coefficient (Wildman–Crippen LogP) is 1.42. The van der Waals surface area contributed by atoms with Crippen LogP contribution >= 0.6 is 15.9 Å². The second-order valence-electron chi connectivity index (χ2n) is 3.01. The van der Waals surface area contributed by atoms with Crippen LogP contribution in [0.3, 0.4) is 0 Å². The van der Waals surface area contributed by atoms with Crippen LogP contribution in [0.1, 0.15) is 18.2 Å². The summed E-state index contributed by atoms with van der Waals surface area (Å²) in [6, 6.07) is 3.80. The number of aryl methyl sites for hydroxylation is 1. The molecule has 0 atom stereocenters. The van der Waals surface area contributed by atoms with Crippen molar-refractivity contribution in [1.29, 1.82) is 0 Å². The molecule has 1 aromatic rings. The molecular weight excluding hydrogens is 280 g/mol. The first-order chi connectivity index (χ1) is 7.09. The summed E-state index contributed by atoms with van der Waals surface area (Å²) < 4.78 is 24.7. The smallest absolute Gasteiger partial charge is 0.221 e. The van der Waals surface area contributed by atoms with E-state index in [1.807, 2.05) is 19.1 Å². The lowest BCUT2D eigenvalue weighted by molar-refractivity contribution is 0.585. The number of hydrogen-bond acceptors (Lipinski definition) is 3. The highest BCUT2D eigenvalue weighted by Gasteiger charge is 2.09. The summed E-state index contributed by atoms with van der Waals surface area (Å²) in [5.74, 6) is 0. The molecule has 0 saturated carbocycles. The maximum Gasteiger partial charge on any atom is 0.221 e. The van der Waals surface area contributed by atoms with Crippen LogP contribution in [0.15, 0.2) is 18.3 Å².